The average molecular weight is 683 g/mol. The zero-order valence-corrected chi connectivity index (χ0v) is 27.6. The molecule has 1 atom stereocenters. The van der Waals surface area contributed by atoms with Crippen molar-refractivity contribution in [3.63, 3.8) is 0 Å². The van der Waals surface area contributed by atoms with Crippen molar-refractivity contribution in [2.75, 3.05) is 25.1 Å². The SMILES string of the molecule is COc1ccc(S(=O)(=O)N(CC(=O)N(Cc2ccc(Cl)c(Cl)c2)[C@H](C)C(=O)NC2CCCC2)c2ccc(Cl)cc2)cc1OC. The van der Waals surface area contributed by atoms with Crippen molar-refractivity contribution in [1.82, 2.24) is 10.2 Å². The highest BCUT2D eigenvalue weighted by molar-refractivity contribution is 7.92. The lowest BCUT2D eigenvalue weighted by Gasteiger charge is -2.32. The van der Waals surface area contributed by atoms with Crippen molar-refractivity contribution in [2.24, 2.45) is 0 Å². The van der Waals surface area contributed by atoms with Crippen LogP contribution in [0.1, 0.15) is 38.2 Å². The molecule has 1 aliphatic rings. The van der Waals surface area contributed by atoms with Gasteiger partial charge < -0.3 is 19.7 Å². The Hall–Kier alpha value is -3.18. The molecule has 3 aromatic rings. The first-order chi connectivity index (χ1) is 20.9. The van der Waals surface area contributed by atoms with Gasteiger partial charge in [-0.2, -0.15) is 0 Å². The first-order valence-electron chi connectivity index (χ1n) is 14.0. The summed E-state index contributed by atoms with van der Waals surface area (Å²) in [5.74, 6) is -0.389. The average Bonchev–Trinajstić information content (AvgIpc) is 3.53. The highest BCUT2D eigenvalue weighted by Gasteiger charge is 2.34. The van der Waals surface area contributed by atoms with Gasteiger partial charge in [-0.15, -0.1) is 0 Å². The van der Waals surface area contributed by atoms with Crippen molar-refractivity contribution in [3.8, 4) is 11.5 Å². The van der Waals surface area contributed by atoms with Crippen molar-refractivity contribution < 1.29 is 27.5 Å². The fourth-order valence-corrected chi connectivity index (χ4v) is 6.93. The van der Waals surface area contributed by atoms with Crippen LogP contribution in [0.2, 0.25) is 15.1 Å². The fraction of sp³-hybridized carbons (Fsp3) is 0.355. The minimum Gasteiger partial charge on any atom is -0.493 e. The normalized spacial score (nSPS) is 14.1. The van der Waals surface area contributed by atoms with Crippen molar-refractivity contribution in [3.05, 3.63) is 81.3 Å². The van der Waals surface area contributed by atoms with E-state index in [0.717, 1.165) is 30.0 Å². The molecule has 1 aliphatic carbocycles. The Labute approximate surface area is 273 Å². The molecule has 0 saturated heterocycles. The van der Waals surface area contributed by atoms with Crippen molar-refractivity contribution >= 4 is 62.3 Å². The van der Waals surface area contributed by atoms with E-state index in [1.807, 2.05) is 0 Å². The highest BCUT2D eigenvalue weighted by Crippen LogP contribution is 2.33. The third-order valence-corrected chi connectivity index (χ3v) is 10.3. The van der Waals surface area contributed by atoms with Gasteiger partial charge in [0.2, 0.25) is 11.8 Å². The number of rotatable bonds is 12. The standard InChI is InChI=1S/C31H34Cl3N3O6S/c1-20(31(39)35-23-6-4-5-7-23)36(18-21-8-14-26(33)27(34)16-21)30(38)19-37(24-11-9-22(32)10-12-24)44(40,41)25-13-15-28(42-2)29(17-25)43-3/h8-17,20,23H,4-7,18-19H2,1-3H3,(H,35,39)/t20-/m1/s1. The molecule has 236 valence electrons. The summed E-state index contributed by atoms with van der Waals surface area (Å²) in [6.45, 7) is 0.996. The van der Waals surface area contributed by atoms with Crippen LogP contribution in [-0.4, -0.2) is 58.0 Å². The molecule has 2 amide bonds. The summed E-state index contributed by atoms with van der Waals surface area (Å²) in [4.78, 5) is 28.7. The summed E-state index contributed by atoms with van der Waals surface area (Å²) in [6.07, 6.45) is 3.78. The summed E-state index contributed by atoms with van der Waals surface area (Å²) < 4.78 is 39.8. The third kappa shape index (κ3) is 7.90. The first kappa shape index (κ1) is 33.7. The Kier molecular flexibility index (Phi) is 11.3. The fourth-order valence-electron chi connectivity index (χ4n) is 5.05. The highest BCUT2D eigenvalue weighted by atomic mass is 35.5. The number of anilines is 1. The molecule has 9 nitrogen and oxygen atoms in total. The minimum absolute atomic E-state index is 0.0140. The molecule has 0 radical (unpaired) electrons. The van der Waals surface area contributed by atoms with Gasteiger partial charge in [0.05, 0.1) is 34.8 Å². The second kappa shape index (κ2) is 14.7. The zero-order chi connectivity index (χ0) is 32.0. The number of nitrogens with zero attached hydrogens (tertiary/aromatic N) is 2. The van der Waals surface area contributed by atoms with E-state index in [-0.39, 0.29) is 34.8 Å². The Morgan fingerprint density at radius 3 is 2.18 bits per heavy atom. The minimum atomic E-state index is -4.33. The van der Waals surface area contributed by atoms with Gasteiger partial charge in [-0.3, -0.25) is 13.9 Å². The predicted octanol–water partition coefficient (Wildman–Crippen LogP) is 6.34. The largest absolute Gasteiger partial charge is 0.493 e. The maximum Gasteiger partial charge on any atom is 0.264 e. The van der Waals surface area contributed by atoms with E-state index in [1.54, 1.807) is 25.1 Å². The second-order valence-corrected chi connectivity index (χ2v) is 13.6. The Morgan fingerprint density at radius 2 is 1.57 bits per heavy atom. The summed E-state index contributed by atoms with van der Waals surface area (Å²) >= 11 is 18.5. The van der Waals surface area contributed by atoms with Gasteiger partial charge in [-0.05, 0) is 73.9 Å². The van der Waals surface area contributed by atoms with Crippen molar-refractivity contribution in [2.45, 2.75) is 56.1 Å². The van der Waals surface area contributed by atoms with Crippen LogP contribution in [0.5, 0.6) is 11.5 Å². The summed E-state index contributed by atoms with van der Waals surface area (Å²) in [5, 5.41) is 4.06. The summed E-state index contributed by atoms with van der Waals surface area (Å²) in [7, 11) is -1.50. The van der Waals surface area contributed by atoms with Crippen LogP contribution in [-0.2, 0) is 26.2 Å². The van der Waals surface area contributed by atoms with Crippen LogP contribution in [0, 0.1) is 0 Å². The number of halogens is 3. The first-order valence-corrected chi connectivity index (χ1v) is 16.6. The Balaban J connectivity index is 1.72. The molecule has 4 rings (SSSR count). The molecule has 0 heterocycles. The molecular formula is C31H34Cl3N3O6S. The second-order valence-electron chi connectivity index (χ2n) is 10.4. The number of carbonyl (C=O) groups excluding carboxylic acids is 2. The summed E-state index contributed by atoms with van der Waals surface area (Å²) in [5.41, 5.74) is 0.823. The molecule has 0 unspecified atom stereocenters. The monoisotopic (exact) mass is 681 g/mol. The van der Waals surface area contributed by atoms with Crippen LogP contribution in [0.3, 0.4) is 0 Å². The lowest BCUT2D eigenvalue weighted by atomic mass is 10.1. The molecular weight excluding hydrogens is 649 g/mol. The van der Waals surface area contributed by atoms with Crippen LogP contribution in [0.25, 0.3) is 0 Å². The van der Waals surface area contributed by atoms with Gasteiger partial charge in [0.1, 0.15) is 12.6 Å². The molecule has 0 bridgehead atoms. The van der Waals surface area contributed by atoms with Gasteiger partial charge in [0.15, 0.2) is 11.5 Å². The van der Waals surface area contributed by atoms with Crippen LogP contribution in [0.4, 0.5) is 5.69 Å². The number of hydrogen-bond acceptors (Lipinski definition) is 6. The summed E-state index contributed by atoms with van der Waals surface area (Å²) in [6, 6.07) is 14.3. The van der Waals surface area contributed by atoms with E-state index < -0.39 is 28.5 Å². The van der Waals surface area contributed by atoms with Gasteiger partial charge in [0.25, 0.3) is 10.0 Å². The lowest BCUT2D eigenvalue weighted by Crippen LogP contribution is -2.52. The molecule has 0 aromatic heterocycles. The quantitative estimate of drug-likeness (QED) is 0.239. The zero-order valence-electron chi connectivity index (χ0n) is 24.6. The van der Waals surface area contributed by atoms with Crippen LogP contribution in [0.15, 0.2) is 65.6 Å². The molecule has 0 aliphatic heterocycles. The van der Waals surface area contributed by atoms with Crippen molar-refractivity contribution in [1.29, 1.82) is 0 Å². The van der Waals surface area contributed by atoms with Gasteiger partial charge in [-0.25, -0.2) is 8.42 Å². The number of carbonyl (C=O) groups is 2. The molecule has 1 saturated carbocycles. The maximum absolute atomic E-state index is 14.1. The van der Waals surface area contributed by atoms with E-state index in [1.165, 1.54) is 61.6 Å². The molecule has 0 spiro atoms. The van der Waals surface area contributed by atoms with E-state index in [4.69, 9.17) is 44.3 Å². The molecule has 44 heavy (non-hydrogen) atoms. The topological polar surface area (TPSA) is 105 Å². The number of ether oxygens (including phenoxy) is 2. The number of hydrogen-bond donors (Lipinski definition) is 1. The molecule has 1 N–H and O–H groups in total. The molecule has 3 aromatic carbocycles. The number of methoxy groups -OCH3 is 2. The smallest absolute Gasteiger partial charge is 0.264 e. The van der Waals surface area contributed by atoms with E-state index in [2.05, 4.69) is 5.32 Å². The lowest BCUT2D eigenvalue weighted by molar-refractivity contribution is -0.139. The molecule has 13 heteroatoms. The van der Waals surface area contributed by atoms with Crippen LogP contribution >= 0.6 is 34.8 Å². The van der Waals surface area contributed by atoms with Gasteiger partial charge >= 0.3 is 0 Å². The number of sulfonamides is 1. The van der Waals surface area contributed by atoms with Gasteiger partial charge in [0, 0.05) is 23.7 Å². The maximum atomic E-state index is 14.1. The molecule has 1 fully saturated rings. The van der Waals surface area contributed by atoms with Gasteiger partial charge in [-0.1, -0.05) is 53.7 Å². The van der Waals surface area contributed by atoms with Crippen LogP contribution < -0.4 is 19.1 Å². The Bertz CT molecular complexity index is 1600. The van der Waals surface area contributed by atoms with E-state index in [9.17, 15) is 18.0 Å². The number of benzene rings is 3. The predicted molar refractivity (Wildman–Crippen MR) is 172 cm³/mol. The third-order valence-electron chi connectivity index (χ3n) is 7.54. The Morgan fingerprint density at radius 1 is 0.909 bits per heavy atom. The van der Waals surface area contributed by atoms with E-state index in [0.29, 0.717) is 26.4 Å². The number of nitrogens with one attached hydrogen (secondary N) is 1. The van der Waals surface area contributed by atoms with E-state index >= 15 is 0 Å². The number of amides is 2.